The SMILES string of the molecule is Cc1cc(-c2sc(N3CC(C)OC(C)C3)nc2CNC(=O)c2cc(C)on2)cc(C)n1. The summed E-state index contributed by atoms with van der Waals surface area (Å²) in [6.07, 6.45) is 0.278. The molecule has 1 aliphatic rings. The van der Waals surface area contributed by atoms with Crippen molar-refractivity contribution in [3.8, 4) is 10.4 Å². The second-order valence-electron chi connectivity index (χ2n) is 8.08. The summed E-state index contributed by atoms with van der Waals surface area (Å²) in [7, 11) is 0. The molecule has 31 heavy (non-hydrogen) atoms. The molecule has 0 radical (unpaired) electrons. The summed E-state index contributed by atoms with van der Waals surface area (Å²) in [5.41, 5.74) is 4.05. The van der Waals surface area contributed by atoms with Crippen molar-refractivity contribution in [2.24, 2.45) is 0 Å². The molecule has 0 aromatic carbocycles. The third-order valence-electron chi connectivity index (χ3n) is 5.00. The summed E-state index contributed by atoms with van der Waals surface area (Å²) in [6.45, 7) is 11.8. The molecule has 1 aliphatic heterocycles. The molecule has 164 valence electrons. The number of amides is 1. The lowest BCUT2D eigenvalue weighted by molar-refractivity contribution is -0.00523. The quantitative estimate of drug-likeness (QED) is 0.646. The number of hydrogen-bond acceptors (Lipinski definition) is 8. The van der Waals surface area contributed by atoms with Gasteiger partial charge in [0.05, 0.1) is 29.3 Å². The lowest BCUT2D eigenvalue weighted by Crippen LogP contribution is -2.45. The van der Waals surface area contributed by atoms with Crippen LogP contribution < -0.4 is 10.2 Å². The Hall–Kier alpha value is -2.78. The standard InChI is InChI=1S/C22H27N5O3S/c1-12-6-17(7-13(2)24-12)20-19(9-23-21(28)18-8-14(3)30-26-18)25-22(31-20)27-10-15(4)29-16(5)11-27/h6-8,15-16H,9-11H2,1-5H3,(H,23,28). The molecule has 4 rings (SSSR count). The molecule has 3 aromatic heterocycles. The van der Waals surface area contributed by atoms with Crippen molar-refractivity contribution in [1.82, 2.24) is 20.4 Å². The summed E-state index contributed by atoms with van der Waals surface area (Å²) < 4.78 is 10.9. The highest BCUT2D eigenvalue weighted by Crippen LogP contribution is 2.36. The maximum Gasteiger partial charge on any atom is 0.273 e. The molecule has 0 saturated carbocycles. The van der Waals surface area contributed by atoms with Gasteiger partial charge >= 0.3 is 0 Å². The van der Waals surface area contributed by atoms with Gasteiger partial charge in [-0.1, -0.05) is 16.5 Å². The van der Waals surface area contributed by atoms with Gasteiger partial charge in [-0.25, -0.2) is 4.98 Å². The molecule has 8 nitrogen and oxygen atoms in total. The van der Waals surface area contributed by atoms with Gasteiger partial charge in [0, 0.05) is 30.5 Å². The first-order valence-electron chi connectivity index (χ1n) is 10.4. The Labute approximate surface area is 185 Å². The molecule has 0 bridgehead atoms. The predicted octanol–water partition coefficient (Wildman–Crippen LogP) is 3.66. The molecular weight excluding hydrogens is 414 g/mol. The summed E-state index contributed by atoms with van der Waals surface area (Å²) >= 11 is 1.64. The van der Waals surface area contributed by atoms with Gasteiger partial charge < -0.3 is 19.5 Å². The Balaban J connectivity index is 1.64. The van der Waals surface area contributed by atoms with Crippen molar-refractivity contribution in [3.63, 3.8) is 0 Å². The predicted molar refractivity (Wildman–Crippen MR) is 119 cm³/mol. The Morgan fingerprint density at radius 3 is 2.42 bits per heavy atom. The van der Waals surface area contributed by atoms with Crippen LogP contribution in [0.1, 0.15) is 47.2 Å². The van der Waals surface area contributed by atoms with Crippen molar-refractivity contribution in [1.29, 1.82) is 0 Å². The van der Waals surface area contributed by atoms with E-state index >= 15 is 0 Å². The van der Waals surface area contributed by atoms with Gasteiger partial charge in [-0.2, -0.15) is 0 Å². The smallest absolute Gasteiger partial charge is 0.273 e. The molecule has 2 atom stereocenters. The number of nitrogens with zero attached hydrogens (tertiary/aromatic N) is 4. The molecular formula is C22H27N5O3S. The molecule has 9 heteroatoms. The van der Waals surface area contributed by atoms with Crippen molar-refractivity contribution in [3.05, 3.63) is 46.7 Å². The number of rotatable bonds is 5. The molecule has 1 N–H and O–H groups in total. The lowest BCUT2D eigenvalue weighted by atomic mass is 10.1. The average molecular weight is 442 g/mol. The summed E-state index contributed by atoms with van der Waals surface area (Å²) in [5, 5.41) is 7.65. The van der Waals surface area contributed by atoms with Crippen LogP contribution in [0.5, 0.6) is 0 Å². The second-order valence-corrected chi connectivity index (χ2v) is 9.06. The van der Waals surface area contributed by atoms with Crippen LogP contribution in [0.3, 0.4) is 0 Å². The van der Waals surface area contributed by atoms with E-state index in [1.54, 1.807) is 24.3 Å². The van der Waals surface area contributed by atoms with Crippen molar-refractivity contribution in [2.75, 3.05) is 18.0 Å². The number of carbonyl (C=O) groups excluding carboxylic acids is 1. The van der Waals surface area contributed by atoms with E-state index < -0.39 is 0 Å². The van der Waals surface area contributed by atoms with E-state index in [2.05, 4.69) is 46.3 Å². The molecule has 1 saturated heterocycles. The van der Waals surface area contributed by atoms with E-state index in [0.29, 0.717) is 12.3 Å². The van der Waals surface area contributed by atoms with Gasteiger partial charge in [0.25, 0.3) is 5.91 Å². The minimum atomic E-state index is -0.284. The topological polar surface area (TPSA) is 93.4 Å². The number of ether oxygens (including phenoxy) is 1. The zero-order valence-corrected chi connectivity index (χ0v) is 19.2. The van der Waals surface area contributed by atoms with Gasteiger partial charge in [-0.05, 0) is 52.3 Å². The summed E-state index contributed by atoms with van der Waals surface area (Å²) in [6, 6.07) is 5.73. The monoisotopic (exact) mass is 441 g/mol. The fraction of sp³-hybridized carbons (Fsp3) is 0.455. The number of hydrogen-bond donors (Lipinski definition) is 1. The molecule has 4 heterocycles. The minimum absolute atomic E-state index is 0.139. The molecule has 2 unspecified atom stereocenters. The molecule has 0 aliphatic carbocycles. The van der Waals surface area contributed by atoms with Crippen LogP contribution in [0.2, 0.25) is 0 Å². The van der Waals surface area contributed by atoms with Crippen LogP contribution in [-0.2, 0) is 11.3 Å². The second kappa shape index (κ2) is 8.76. The van der Waals surface area contributed by atoms with Crippen LogP contribution >= 0.6 is 11.3 Å². The van der Waals surface area contributed by atoms with E-state index in [9.17, 15) is 4.79 Å². The summed E-state index contributed by atoms with van der Waals surface area (Å²) in [4.78, 5) is 25.2. The first kappa shape index (κ1) is 21.5. The van der Waals surface area contributed by atoms with Gasteiger partial charge in [0.15, 0.2) is 10.8 Å². The molecule has 1 amide bonds. The fourth-order valence-electron chi connectivity index (χ4n) is 3.85. The van der Waals surface area contributed by atoms with Crippen molar-refractivity contribution >= 4 is 22.4 Å². The van der Waals surface area contributed by atoms with Crippen LogP contribution in [0.25, 0.3) is 10.4 Å². The largest absolute Gasteiger partial charge is 0.372 e. The Morgan fingerprint density at radius 2 is 1.81 bits per heavy atom. The van der Waals surface area contributed by atoms with E-state index in [4.69, 9.17) is 14.2 Å². The van der Waals surface area contributed by atoms with Crippen molar-refractivity contribution in [2.45, 2.75) is 53.4 Å². The average Bonchev–Trinajstić information content (AvgIpc) is 3.31. The third kappa shape index (κ3) is 4.94. The van der Waals surface area contributed by atoms with Gasteiger partial charge in [-0.3, -0.25) is 9.78 Å². The number of thiazole rings is 1. The Kier molecular flexibility index (Phi) is 6.06. The normalized spacial score (nSPS) is 18.9. The highest BCUT2D eigenvalue weighted by molar-refractivity contribution is 7.19. The van der Waals surface area contributed by atoms with Gasteiger partial charge in [0.2, 0.25) is 0 Å². The molecule has 1 fully saturated rings. The number of nitrogens with one attached hydrogen (secondary N) is 1. The third-order valence-corrected chi connectivity index (χ3v) is 6.20. The highest BCUT2D eigenvalue weighted by Gasteiger charge is 2.26. The number of carbonyl (C=O) groups is 1. The first-order chi connectivity index (χ1) is 14.8. The van der Waals surface area contributed by atoms with Crippen LogP contribution in [0.4, 0.5) is 5.13 Å². The number of anilines is 1. The number of pyridine rings is 1. The highest BCUT2D eigenvalue weighted by atomic mass is 32.1. The molecule has 3 aromatic rings. The minimum Gasteiger partial charge on any atom is -0.372 e. The van der Waals surface area contributed by atoms with E-state index in [1.165, 1.54) is 0 Å². The lowest BCUT2D eigenvalue weighted by Gasteiger charge is -2.35. The number of morpholine rings is 1. The number of aromatic nitrogens is 3. The van der Waals surface area contributed by atoms with Gasteiger partial charge in [-0.15, -0.1) is 0 Å². The first-order valence-corrected chi connectivity index (χ1v) is 11.2. The van der Waals surface area contributed by atoms with E-state index in [-0.39, 0.29) is 23.8 Å². The fourth-order valence-corrected chi connectivity index (χ4v) is 4.94. The zero-order chi connectivity index (χ0) is 22.1. The van der Waals surface area contributed by atoms with Crippen LogP contribution in [0, 0.1) is 20.8 Å². The van der Waals surface area contributed by atoms with Gasteiger partial charge in [0.1, 0.15) is 5.76 Å². The zero-order valence-electron chi connectivity index (χ0n) is 18.4. The van der Waals surface area contributed by atoms with Crippen LogP contribution in [0.15, 0.2) is 22.7 Å². The van der Waals surface area contributed by atoms with Crippen molar-refractivity contribution < 1.29 is 14.1 Å². The van der Waals surface area contributed by atoms with E-state index in [0.717, 1.165) is 45.7 Å². The Bertz CT molecular complexity index is 1060. The Morgan fingerprint density at radius 1 is 1.13 bits per heavy atom. The molecule has 0 spiro atoms. The maximum absolute atomic E-state index is 12.5. The van der Waals surface area contributed by atoms with Crippen LogP contribution in [-0.4, -0.2) is 46.3 Å². The number of aryl methyl sites for hydroxylation is 3. The summed E-state index contributed by atoms with van der Waals surface area (Å²) in [5.74, 6) is 0.313. The van der Waals surface area contributed by atoms with E-state index in [1.807, 2.05) is 13.8 Å². The maximum atomic E-state index is 12.5.